The fraction of sp³-hybridized carbons (Fsp3) is 0.222. The monoisotopic (exact) mass is 402 g/mol. The number of benzene rings is 1. The minimum Gasteiger partial charge on any atom is -0.307 e. The topological polar surface area (TPSA) is 93.1 Å². The third-order valence-electron chi connectivity index (χ3n) is 3.86. The third kappa shape index (κ3) is 4.37. The van der Waals surface area contributed by atoms with E-state index in [1.165, 1.54) is 15.9 Å². The van der Waals surface area contributed by atoms with Crippen LogP contribution in [0.3, 0.4) is 0 Å². The van der Waals surface area contributed by atoms with E-state index in [9.17, 15) is 14.4 Å². The lowest BCUT2D eigenvalue weighted by atomic mass is 10.1. The number of nitrogens with zero attached hydrogens (tertiary/aromatic N) is 2. The smallest absolute Gasteiger partial charge is 0.307 e. The van der Waals surface area contributed by atoms with Crippen molar-refractivity contribution in [2.75, 3.05) is 11.1 Å². The summed E-state index contributed by atoms with van der Waals surface area (Å²) >= 11 is 2.44. The second-order valence-corrected chi connectivity index (χ2v) is 7.86. The molecule has 0 fully saturated rings. The molecule has 0 atom stereocenters. The van der Waals surface area contributed by atoms with Crippen LogP contribution in [0, 0.1) is 13.8 Å². The molecular formula is C18H18N4O3S2. The highest BCUT2D eigenvalue weighted by atomic mass is 32.2. The molecule has 2 aromatic heterocycles. The molecule has 0 aliphatic heterocycles. The fourth-order valence-electron chi connectivity index (χ4n) is 2.50. The Morgan fingerprint density at radius 2 is 2.04 bits per heavy atom. The van der Waals surface area contributed by atoms with Gasteiger partial charge in [-0.25, -0.2) is 9.78 Å². The first-order chi connectivity index (χ1) is 12.8. The predicted molar refractivity (Wildman–Crippen MR) is 109 cm³/mol. The zero-order valence-corrected chi connectivity index (χ0v) is 16.7. The van der Waals surface area contributed by atoms with Crippen molar-refractivity contribution in [2.45, 2.75) is 19.0 Å². The van der Waals surface area contributed by atoms with Gasteiger partial charge < -0.3 is 5.32 Å². The van der Waals surface area contributed by atoms with Crippen LogP contribution in [0.5, 0.6) is 0 Å². The molecule has 0 aliphatic carbocycles. The van der Waals surface area contributed by atoms with Crippen LogP contribution < -0.4 is 16.2 Å². The number of imide groups is 1. The number of anilines is 1. The second-order valence-electron chi connectivity index (χ2n) is 6.00. The van der Waals surface area contributed by atoms with E-state index in [0.717, 1.165) is 22.9 Å². The molecule has 0 bridgehead atoms. The van der Waals surface area contributed by atoms with Crippen molar-refractivity contribution < 1.29 is 9.59 Å². The number of rotatable bonds is 4. The van der Waals surface area contributed by atoms with Gasteiger partial charge in [-0.15, -0.1) is 11.3 Å². The summed E-state index contributed by atoms with van der Waals surface area (Å²) in [5.41, 5.74) is 3.11. The highest BCUT2D eigenvalue weighted by Crippen LogP contribution is 2.20. The molecule has 1 aromatic carbocycles. The molecule has 0 aliphatic rings. The molecule has 3 rings (SSSR count). The molecule has 0 saturated carbocycles. The van der Waals surface area contributed by atoms with Crippen LogP contribution in [0.4, 0.5) is 10.5 Å². The molecule has 9 heteroatoms. The SMILES string of the molecule is Cc1ccc(NC(=O)NC(=O)CSc2nc3ccsc3c(=O)n2C)c(C)c1. The van der Waals surface area contributed by atoms with Crippen molar-refractivity contribution >= 4 is 50.9 Å². The lowest BCUT2D eigenvalue weighted by molar-refractivity contribution is -0.117. The average molecular weight is 403 g/mol. The highest BCUT2D eigenvalue weighted by Gasteiger charge is 2.13. The Balaban J connectivity index is 1.60. The quantitative estimate of drug-likeness (QED) is 0.517. The molecular weight excluding hydrogens is 384 g/mol. The van der Waals surface area contributed by atoms with E-state index in [1.54, 1.807) is 24.6 Å². The van der Waals surface area contributed by atoms with Crippen LogP contribution in [-0.4, -0.2) is 27.2 Å². The number of amides is 3. The first-order valence-electron chi connectivity index (χ1n) is 8.10. The standard InChI is InChI=1S/C18H18N4O3S2/c1-10-4-5-12(11(2)8-10)19-17(25)21-14(23)9-27-18-20-13-6-7-26-15(13)16(24)22(18)3/h4-8H,9H2,1-3H3,(H2,19,21,23,25). The lowest BCUT2D eigenvalue weighted by Gasteiger charge is -2.10. The molecule has 0 spiro atoms. The fourth-order valence-corrected chi connectivity index (χ4v) is 4.07. The molecule has 0 unspecified atom stereocenters. The van der Waals surface area contributed by atoms with Crippen LogP contribution in [0.2, 0.25) is 0 Å². The Kier molecular flexibility index (Phi) is 5.62. The van der Waals surface area contributed by atoms with E-state index in [0.29, 0.717) is 21.1 Å². The summed E-state index contributed by atoms with van der Waals surface area (Å²) in [6.07, 6.45) is 0. The molecule has 0 saturated heterocycles. The first kappa shape index (κ1) is 19.1. The number of hydrogen-bond donors (Lipinski definition) is 2. The Morgan fingerprint density at radius 3 is 2.78 bits per heavy atom. The van der Waals surface area contributed by atoms with Crippen molar-refractivity contribution in [3.8, 4) is 0 Å². The number of fused-ring (bicyclic) bond motifs is 1. The Morgan fingerprint density at radius 1 is 1.26 bits per heavy atom. The maximum atomic E-state index is 12.2. The van der Waals surface area contributed by atoms with Gasteiger partial charge in [0.1, 0.15) is 4.70 Å². The zero-order chi connectivity index (χ0) is 19.6. The molecule has 7 nitrogen and oxygen atoms in total. The largest absolute Gasteiger partial charge is 0.325 e. The van der Waals surface area contributed by atoms with Crippen LogP contribution in [-0.2, 0) is 11.8 Å². The van der Waals surface area contributed by atoms with Crippen LogP contribution in [0.25, 0.3) is 10.2 Å². The molecule has 2 N–H and O–H groups in total. The number of nitrogens with one attached hydrogen (secondary N) is 2. The summed E-state index contributed by atoms with van der Waals surface area (Å²) in [5.74, 6) is -0.502. The lowest BCUT2D eigenvalue weighted by Crippen LogP contribution is -2.35. The maximum absolute atomic E-state index is 12.2. The van der Waals surface area contributed by atoms with Crippen LogP contribution in [0.15, 0.2) is 39.6 Å². The molecule has 0 radical (unpaired) electrons. The number of aryl methyl sites for hydroxylation is 2. The molecule has 3 aromatic rings. The van der Waals surface area contributed by atoms with Gasteiger partial charge in [0.2, 0.25) is 5.91 Å². The summed E-state index contributed by atoms with van der Waals surface area (Å²) in [4.78, 5) is 40.7. The van der Waals surface area contributed by atoms with Gasteiger partial charge >= 0.3 is 6.03 Å². The van der Waals surface area contributed by atoms with Crippen molar-refractivity contribution in [3.63, 3.8) is 0 Å². The van der Waals surface area contributed by atoms with Gasteiger partial charge in [-0.1, -0.05) is 29.5 Å². The maximum Gasteiger partial charge on any atom is 0.325 e. The van der Waals surface area contributed by atoms with Crippen molar-refractivity contribution in [1.29, 1.82) is 0 Å². The number of hydrogen-bond acceptors (Lipinski definition) is 6. The molecule has 140 valence electrons. The van der Waals surface area contributed by atoms with Gasteiger partial charge in [0, 0.05) is 12.7 Å². The molecule has 3 amide bonds. The number of thioether (sulfide) groups is 1. The van der Waals surface area contributed by atoms with Gasteiger partial charge in [0.25, 0.3) is 5.56 Å². The van der Waals surface area contributed by atoms with Gasteiger partial charge in [0.05, 0.1) is 11.3 Å². The van der Waals surface area contributed by atoms with E-state index in [4.69, 9.17) is 0 Å². The number of thiophene rings is 1. The zero-order valence-electron chi connectivity index (χ0n) is 15.0. The van der Waals surface area contributed by atoms with E-state index in [1.807, 2.05) is 26.0 Å². The summed E-state index contributed by atoms with van der Waals surface area (Å²) in [5, 5.41) is 7.17. The first-order valence-corrected chi connectivity index (χ1v) is 9.97. The van der Waals surface area contributed by atoms with Gasteiger partial charge in [-0.2, -0.15) is 0 Å². The minimum absolute atomic E-state index is 0.0315. The van der Waals surface area contributed by atoms with Gasteiger partial charge in [-0.05, 0) is 36.9 Å². The van der Waals surface area contributed by atoms with E-state index >= 15 is 0 Å². The molecule has 27 heavy (non-hydrogen) atoms. The number of carbonyl (C=O) groups is 2. The van der Waals surface area contributed by atoms with E-state index in [-0.39, 0.29) is 11.3 Å². The second kappa shape index (κ2) is 7.93. The number of aromatic nitrogens is 2. The van der Waals surface area contributed by atoms with Crippen LogP contribution >= 0.6 is 23.1 Å². The van der Waals surface area contributed by atoms with Crippen molar-refractivity contribution in [1.82, 2.24) is 14.9 Å². The summed E-state index contributed by atoms with van der Waals surface area (Å²) in [6.45, 7) is 3.85. The predicted octanol–water partition coefficient (Wildman–Crippen LogP) is 3.05. The Labute approximate surface area is 163 Å². The van der Waals surface area contributed by atoms with Gasteiger partial charge in [-0.3, -0.25) is 19.5 Å². The highest BCUT2D eigenvalue weighted by molar-refractivity contribution is 7.99. The summed E-state index contributed by atoms with van der Waals surface area (Å²) in [6, 6.07) is 6.79. The van der Waals surface area contributed by atoms with Gasteiger partial charge in [0.15, 0.2) is 5.16 Å². The number of urea groups is 1. The third-order valence-corrected chi connectivity index (χ3v) is 5.78. The van der Waals surface area contributed by atoms with Crippen molar-refractivity contribution in [2.24, 2.45) is 7.05 Å². The Hall–Kier alpha value is -2.65. The number of carbonyl (C=O) groups excluding carboxylic acids is 2. The average Bonchev–Trinajstić information content (AvgIpc) is 3.08. The van der Waals surface area contributed by atoms with Crippen LogP contribution in [0.1, 0.15) is 11.1 Å². The van der Waals surface area contributed by atoms with E-state index < -0.39 is 11.9 Å². The minimum atomic E-state index is -0.595. The summed E-state index contributed by atoms with van der Waals surface area (Å²) < 4.78 is 1.99. The van der Waals surface area contributed by atoms with Crippen molar-refractivity contribution in [3.05, 3.63) is 51.1 Å². The van der Waals surface area contributed by atoms with E-state index in [2.05, 4.69) is 15.6 Å². The normalized spacial score (nSPS) is 10.8. The molecule has 2 heterocycles. The summed E-state index contributed by atoms with van der Waals surface area (Å²) in [7, 11) is 1.61. The Bertz CT molecular complexity index is 1090.